The minimum Gasteiger partial charge on any atom is -0.478 e. The fourth-order valence-electron chi connectivity index (χ4n) is 3.26. The number of carbonyl (C=O) groups is 1. The predicted octanol–water partition coefficient (Wildman–Crippen LogP) is 2.03. The molecule has 2 aromatic rings. The molecule has 3 rings (SSSR count). The maximum Gasteiger partial charge on any atom is 0.335 e. The van der Waals surface area contributed by atoms with Crippen LogP contribution in [-0.2, 0) is 14.6 Å². The van der Waals surface area contributed by atoms with E-state index in [-0.39, 0.29) is 16.4 Å². The highest BCUT2D eigenvalue weighted by atomic mass is 32.2. The highest BCUT2D eigenvalue weighted by molar-refractivity contribution is 7.90. The Hall–Kier alpha value is -2.55. The van der Waals surface area contributed by atoms with Crippen LogP contribution in [0.5, 0.6) is 0 Å². The van der Waals surface area contributed by atoms with Crippen LogP contribution in [0, 0.1) is 12.8 Å². The summed E-state index contributed by atoms with van der Waals surface area (Å²) in [6, 6.07) is 4.53. The summed E-state index contributed by atoms with van der Waals surface area (Å²) in [6.45, 7) is 1.66. The molecule has 1 fully saturated rings. The van der Waals surface area contributed by atoms with E-state index in [2.05, 4.69) is 15.5 Å². The van der Waals surface area contributed by atoms with Gasteiger partial charge in [-0.15, -0.1) is 5.10 Å². The van der Waals surface area contributed by atoms with Gasteiger partial charge in [0.1, 0.15) is 0 Å². The zero-order valence-electron chi connectivity index (χ0n) is 14.6. The molecule has 138 valence electrons. The van der Waals surface area contributed by atoms with Crippen LogP contribution in [-0.4, -0.2) is 46.0 Å². The van der Waals surface area contributed by atoms with Crippen molar-refractivity contribution < 1.29 is 18.3 Å². The average molecular weight is 376 g/mol. The summed E-state index contributed by atoms with van der Waals surface area (Å²) in [6.07, 6.45) is 6.91. The lowest BCUT2D eigenvalue weighted by atomic mass is 9.98. The van der Waals surface area contributed by atoms with Gasteiger partial charge in [-0.3, -0.25) is 0 Å². The van der Waals surface area contributed by atoms with Crippen molar-refractivity contribution in [1.29, 1.82) is 0 Å². The monoisotopic (exact) mass is 376 g/mol. The third-order valence-corrected chi connectivity index (χ3v) is 5.68. The molecule has 0 saturated heterocycles. The number of carboxylic acid groups (broad SMARTS) is 1. The van der Waals surface area contributed by atoms with E-state index in [0.29, 0.717) is 17.1 Å². The summed E-state index contributed by atoms with van der Waals surface area (Å²) >= 11 is 0. The first-order valence-corrected chi connectivity index (χ1v) is 10.2. The second kappa shape index (κ2) is 6.99. The van der Waals surface area contributed by atoms with Gasteiger partial charge < -0.3 is 5.11 Å². The first-order chi connectivity index (χ1) is 12.3. The maximum absolute atomic E-state index is 12.3. The largest absolute Gasteiger partial charge is 0.478 e. The summed E-state index contributed by atoms with van der Waals surface area (Å²) in [5.41, 5.74) is 0.783. The summed E-state index contributed by atoms with van der Waals surface area (Å²) in [7, 11) is -3.62. The van der Waals surface area contributed by atoms with Crippen LogP contribution < -0.4 is 0 Å². The van der Waals surface area contributed by atoms with Crippen LogP contribution in [0.2, 0.25) is 0 Å². The molecule has 1 saturated carbocycles. The minimum atomic E-state index is -3.62. The summed E-state index contributed by atoms with van der Waals surface area (Å²) < 4.78 is 25.9. The third kappa shape index (κ3) is 3.67. The Kier molecular flexibility index (Phi) is 4.90. The highest BCUT2D eigenvalue weighted by Gasteiger charge is 2.22. The van der Waals surface area contributed by atoms with E-state index in [1.165, 1.54) is 10.7 Å². The van der Waals surface area contributed by atoms with Gasteiger partial charge in [0.05, 0.1) is 16.2 Å². The number of carboxylic acids is 1. The summed E-state index contributed by atoms with van der Waals surface area (Å²) in [5, 5.41) is 20.7. The van der Waals surface area contributed by atoms with E-state index < -0.39 is 15.8 Å². The number of hydrogen-bond donors (Lipinski definition) is 1. The molecular weight excluding hydrogens is 356 g/mol. The van der Waals surface area contributed by atoms with E-state index in [1.807, 2.05) is 0 Å². The molecule has 1 aromatic heterocycles. The van der Waals surface area contributed by atoms with Crippen LogP contribution in [0.1, 0.15) is 37.1 Å². The van der Waals surface area contributed by atoms with Crippen LogP contribution >= 0.6 is 0 Å². The fourth-order valence-corrected chi connectivity index (χ4v) is 4.13. The number of aryl methyl sites for hydroxylation is 1. The Labute approximate surface area is 151 Å². The van der Waals surface area contributed by atoms with Gasteiger partial charge in [-0.25, -0.2) is 13.2 Å². The number of benzene rings is 1. The molecule has 0 bridgehead atoms. The van der Waals surface area contributed by atoms with Gasteiger partial charge in [-0.2, -0.15) is 4.68 Å². The standard InChI is InChI=1S/C17H20N4O4S/c1-11-18-19-20-21(11)15-8-7-13(10-16(15)26(2,24)25)14(17(22)23)9-12-5-3-4-6-12/h7-10,12H,3-6H2,1-2H3,(H,22,23)/b14-9+. The van der Waals surface area contributed by atoms with Gasteiger partial charge in [-0.1, -0.05) is 25.0 Å². The number of tetrazole rings is 1. The van der Waals surface area contributed by atoms with Gasteiger partial charge in [0.25, 0.3) is 0 Å². The van der Waals surface area contributed by atoms with Crippen molar-refractivity contribution in [3.63, 3.8) is 0 Å². The number of aliphatic carboxylic acids is 1. The molecule has 0 atom stereocenters. The molecule has 1 aliphatic rings. The van der Waals surface area contributed by atoms with Crippen molar-refractivity contribution in [3.8, 4) is 5.69 Å². The van der Waals surface area contributed by atoms with Crippen molar-refractivity contribution >= 4 is 21.4 Å². The first-order valence-electron chi connectivity index (χ1n) is 8.32. The van der Waals surface area contributed by atoms with Crippen molar-refractivity contribution in [2.24, 2.45) is 5.92 Å². The first kappa shape index (κ1) is 18.2. The van der Waals surface area contributed by atoms with E-state index in [0.717, 1.165) is 31.9 Å². The number of hydrogen-bond acceptors (Lipinski definition) is 6. The number of nitrogens with zero attached hydrogens (tertiary/aromatic N) is 4. The Bertz CT molecular complexity index is 972. The lowest BCUT2D eigenvalue weighted by molar-refractivity contribution is -0.130. The van der Waals surface area contributed by atoms with Gasteiger partial charge in [0.15, 0.2) is 15.7 Å². The SMILES string of the molecule is Cc1nnnn1-c1ccc(/C(=C\C2CCCC2)C(=O)O)cc1S(C)(=O)=O. The zero-order chi connectivity index (χ0) is 18.9. The third-order valence-electron chi connectivity index (χ3n) is 4.56. The van der Waals surface area contributed by atoms with Crippen LogP contribution in [0.4, 0.5) is 0 Å². The van der Waals surface area contributed by atoms with E-state index >= 15 is 0 Å². The number of allylic oxidation sites excluding steroid dienone is 1. The lowest BCUT2D eigenvalue weighted by Gasteiger charge is -2.12. The molecule has 0 amide bonds. The van der Waals surface area contributed by atoms with Crippen LogP contribution in [0.3, 0.4) is 0 Å². The topological polar surface area (TPSA) is 115 Å². The molecule has 0 unspecified atom stereocenters. The Morgan fingerprint density at radius 1 is 1.31 bits per heavy atom. The molecule has 26 heavy (non-hydrogen) atoms. The van der Waals surface area contributed by atoms with Crippen LogP contribution in [0.15, 0.2) is 29.2 Å². The molecule has 8 nitrogen and oxygen atoms in total. The second-order valence-electron chi connectivity index (χ2n) is 6.52. The second-order valence-corrected chi connectivity index (χ2v) is 8.51. The van der Waals surface area contributed by atoms with Crippen LogP contribution in [0.25, 0.3) is 11.3 Å². The molecule has 0 radical (unpaired) electrons. The van der Waals surface area contributed by atoms with Gasteiger partial charge >= 0.3 is 5.97 Å². The van der Waals surface area contributed by atoms with Crippen molar-refractivity contribution in [2.45, 2.75) is 37.5 Å². The van der Waals surface area contributed by atoms with Crippen molar-refractivity contribution in [3.05, 3.63) is 35.7 Å². The molecule has 1 N–H and O–H groups in total. The van der Waals surface area contributed by atoms with Gasteiger partial charge in [0.2, 0.25) is 0 Å². The molecule has 0 spiro atoms. The molecule has 1 heterocycles. The van der Waals surface area contributed by atoms with Crippen molar-refractivity contribution in [1.82, 2.24) is 20.2 Å². The normalized spacial score (nSPS) is 16.2. The number of rotatable bonds is 5. The van der Waals surface area contributed by atoms with E-state index in [9.17, 15) is 18.3 Å². The average Bonchev–Trinajstić information content (AvgIpc) is 3.22. The fraction of sp³-hybridized carbons (Fsp3) is 0.412. The minimum absolute atomic E-state index is 0.0102. The number of aromatic nitrogens is 4. The maximum atomic E-state index is 12.3. The predicted molar refractivity (Wildman–Crippen MR) is 94.6 cm³/mol. The Morgan fingerprint density at radius 3 is 2.54 bits per heavy atom. The highest BCUT2D eigenvalue weighted by Crippen LogP contribution is 2.31. The molecule has 0 aliphatic heterocycles. The lowest BCUT2D eigenvalue weighted by Crippen LogP contribution is -2.10. The molecule has 1 aliphatic carbocycles. The summed E-state index contributed by atoms with van der Waals surface area (Å²) in [4.78, 5) is 11.8. The quantitative estimate of drug-likeness (QED) is 0.794. The Morgan fingerprint density at radius 2 is 2.00 bits per heavy atom. The zero-order valence-corrected chi connectivity index (χ0v) is 15.4. The number of sulfone groups is 1. The molecule has 9 heteroatoms. The molecule has 1 aromatic carbocycles. The smallest absolute Gasteiger partial charge is 0.335 e. The summed E-state index contributed by atoms with van der Waals surface area (Å²) in [5.74, 6) is -0.422. The van der Waals surface area contributed by atoms with Gasteiger partial charge in [-0.05, 0) is 53.8 Å². The van der Waals surface area contributed by atoms with Gasteiger partial charge in [0, 0.05) is 6.26 Å². The molecular formula is C17H20N4O4S. The Balaban J connectivity index is 2.14. The van der Waals surface area contributed by atoms with E-state index in [4.69, 9.17) is 0 Å². The van der Waals surface area contributed by atoms with E-state index in [1.54, 1.807) is 25.1 Å². The van der Waals surface area contributed by atoms with Crippen molar-refractivity contribution in [2.75, 3.05) is 6.26 Å².